The molecule has 20 heavy (non-hydrogen) atoms. The predicted molar refractivity (Wildman–Crippen MR) is 86.0 cm³/mol. The van der Waals surface area contributed by atoms with Crippen molar-refractivity contribution in [1.82, 2.24) is 15.5 Å². The molecule has 1 N–H and O–H groups in total. The van der Waals surface area contributed by atoms with Gasteiger partial charge in [-0.25, -0.2) is 0 Å². The zero-order valence-corrected chi connectivity index (χ0v) is 13.5. The molecule has 0 aliphatic heterocycles. The van der Waals surface area contributed by atoms with Gasteiger partial charge in [0.05, 0.1) is 5.69 Å². The van der Waals surface area contributed by atoms with Crippen LogP contribution in [0.4, 0.5) is 5.82 Å². The fraction of sp³-hybridized carbons (Fsp3) is 0.750. The Bertz CT molecular complexity index is 346. The second kappa shape index (κ2) is 9.70. The molecule has 0 radical (unpaired) electrons. The molecule has 4 heteroatoms. The summed E-state index contributed by atoms with van der Waals surface area (Å²) in [5, 5.41) is 12.1. The van der Waals surface area contributed by atoms with Gasteiger partial charge < -0.3 is 10.2 Å². The van der Waals surface area contributed by atoms with Crippen LogP contribution in [-0.2, 0) is 6.54 Å². The molecule has 1 rings (SSSR count). The predicted octanol–water partition coefficient (Wildman–Crippen LogP) is 3.24. The van der Waals surface area contributed by atoms with Gasteiger partial charge in [0.15, 0.2) is 5.82 Å². The normalized spacial score (nSPS) is 11.1. The molecule has 4 nitrogen and oxygen atoms in total. The van der Waals surface area contributed by atoms with E-state index in [1.54, 1.807) is 0 Å². The van der Waals surface area contributed by atoms with Gasteiger partial charge in [0.25, 0.3) is 0 Å². The van der Waals surface area contributed by atoms with Crippen LogP contribution in [-0.4, -0.2) is 29.8 Å². The molecule has 0 saturated carbocycles. The van der Waals surface area contributed by atoms with Crippen molar-refractivity contribution in [1.29, 1.82) is 0 Å². The van der Waals surface area contributed by atoms with Gasteiger partial charge in [0, 0.05) is 19.6 Å². The zero-order valence-electron chi connectivity index (χ0n) is 13.5. The third-order valence-corrected chi connectivity index (χ3v) is 3.78. The number of anilines is 1. The summed E-state index contributed by atoms with van der Waals surface area (Å²) in [5.41, 5.74) is 1.01. The molecule has 1 aromatic rings. The Morgan fingerprint density at radius 2 is 1.85 bits per heavy atom. The summed E-state index contributed by atoms with van der Waals surface area (Å²) in [6.07, 6.45) is 3.59. The summed E-state index contributed by atoms with van der Waals surface area (Å²) < 4.78 is 0. The number of nitrogens with one attached hydrogen (secondary N) is 1. The minimum absolute atomic E-state index is 0.739. The molecule has 0 unspecified atom stereocenters. The first-order chi connectivity index (χ1) is 9.74. The van der Waals surface area contributed by atoms with Crippen molar-refractivity contribution in [3.8, 4) is 0 Å². The Balaban J connectivity index is 2.59. The maximum Gasteiger partial charge on any atom is 0.151 e. The Morgan fingerprint density at radius 3 is 2.35 bits per heavy atom. The largest absolute Gasteiger partial charge is 0.355 e. The first-order valence-corrected chi connectivity index (χ1v) is 8.03. The van der Waals surface area contributed by atoms with Crippen LogP contribution in [0.25, 0.3) is 0 Å². The van der Waals surface area contributed by atoms with Crippen molar-refractivity contribution in [3.05, 3.63) is 17.8 Å². The quantitative estimate of drug-likeness (QED) is 0.667. The molecule has 0 aliphatic carbocycles. The number of hydrogen-bond donors (Lipinski definition) is 1. The first kappa shape index (κ1) is 16.9. The summed E-state index contributed by atoms with van der Waals surface area (Å²) in [4.78, 5) is 2.33. The third kappa shape index (κ3) is 5.45. The van der Waals surface area contributed by atoms with Crippen molar-refractivity contribution in [2.45, 2.75) is 53.5 Å². The summed E-state index contributed by atoms with van der Waals surface area (Å²) in [7, 11) is 0. The van der Waals surface area contributed by atoms with Crippen molar-refractivity contribution >= 4 is 5.82 Å². The second-order valence-corrected chi connectivity index (χ2v) is 5.28. The molecule has 114 valence electrons. The van der Waals surface area contributed by atoms with E-state index in [9.17, 15) is 0 Å². The van der Waals surface area contributed by atoms with E-state index in [1.807, 2.05) is 0 Å². The van der Waals surface area contributed by atoms with Gasteiger partial charge in [-0.15, -0.1) is 5.10 Å². The highest BCUT2D eigenvalue weighted by Crippen LogP contribution is 2.15. The van der Waals surface area contributed by atoms with Crippen LogP contribution >= 0.6 is 0 Å². The molecule has 1 heterocycles. The van der Waals surface area contributed by atoms with Crippen LogP contribution < -0.4 is 10.2 Å². The third-order valence-electron chi connectivity index (χ3n) is 3.78. The van der Waals surface area contributed by atoms with Crippen molar-refractivity contribution < 1.29 is 0 Å². The SMILES string of the molecule is CCCNCc1ccc(N(CC)CC(CC)CC)nn1. The molecule has 0 aliphatic rings. The van der Waals surface area contributed by atoms with Crippen LogP contribution in [0.5, 0.6) is 0 Å². The van der Waals surface area contributed by atoms with Crippen molar-refractivity contribution in [3.63, 3.8) is 0 Å². The van der Waals surface area contributed by atoms with Crippen molar-refractivity contribution in [2.75, 3.05) is 24.5 Å². The van der Waals surface area contributed by atoms with Gasteiger partial charge in [-0.2, -0.15) is 5.10 Å². The molecule has 0 atom stereocenters. The van der Waals surface area contributed by atoms with E-state index in [4.69, 9.17) is 0 Å². The highest BCUT2D eigenvalue weighted by Gasteiger charge is 2.12. The molecular formula is C16H30N4. The lowest BCUT2D eigenvalue weighted by atomic mass is 10.0. The average Bonchev–Trinajstić information content (AvgIpc) is 2.50. The topological polar surface area (TPSA) is 41.0 Å². The van der Waals surface area contributed by atoms with E-state index >= 15 is 0 Å². The van der Waals surface area contributed by atoms with Gasteiger partial charge >= 0.3 is 0 Å². The molecule has 0 amide bonds. The maximum absolute atomic E-state index is 4.39. The minimum Gasteiger partial charge on any atom is -0.355 e. The van der Waals surface area contributed by atoms with Gasteiger partial charge in [-0.1, -0.05) is 33.6 Å². The Labute approximate surface area is 124 Å². The van der Waals surface area contributed by atoms with E-state index in [-0.39, 0.29) is 0 Å². The van der Waals surface area contributed by atoms with E-state index < -0.39 is 0 Å². The van der Waals surface area contributed by atoms with Crippen LogP contribution in [0.2, 0.25) is 0 Å². The monoisotopic (exact) mass is 278 g/mol. The molecule has 0 spiro atoms. The Kier molecular flexibility index (Phi) is 8.19. The minimum atomic E-state index is 0.739. The van der Waals surface area contributed by atoms with Crippen LogP contribution in [0.3, 0.4) is 0 Å². The molecular weight excluding hydrogens is 248 g/mol. The number of hydrogen-bond acceptors (Lipinski definition) is 4. The van der Waals surface area contributed by atoms with E-state index in [1.165, 1.54) is 12.8 Å². The van der Waals surface area contributed by atoms with Crippen LogP contribution in [0, 0.1) is 5.92 Å². The second-order valence-electron chi connectivity index (χ2n) is 5.28. The van der Waals surface area contributed by atoms with Crippen molar-refractivity contribution in [2.24, 2.45) is 5.92 Å². The summed E-state index contributed by atoms with van der Waals surface area (Å²) in [5.74, 6) is 1.74. The number of aromatic nitrogens is 2. The van der Waals surface area contributed by atoms with Crippen LogP contribution in [0.1, 0.15) is 52.7 Å². The smallest absolute Gasteiger partial charge is 0.151 e. The zero-order chi connectivity index (χ0) is 14.8. The molecule has 1 aromatic heterocycles. The van der Waals surface area contributed by atoms with Gasteiger partial charge in [0.2, 0.25) is 0 Å². The average molecular weight is 278 g/mol. The maximum atomic E-state index is 4.39. The Morgan fingerprint density at radius 1 is 1.10 bits per heavy atom. The highest BCUT2D eigenvalue weighted by atomic mass is 15.3. The van der Waals surface area contributed by atoms with Gasteiger partial charge in [0.1, 0.15) is 0 Å². The van der Waals surface area contributed by atoms with Crippen LogP contribution in [0.15, 0.2) is 12.1 Å². The highest BCUT2D eigenvalue weighted by molar-refractivity contribution is 5.37. The lowest BCUT2D eigenvalue weighted by Gasteiger charge is -2.26. The Hall–Kier alpha value is -1.16. The van der Waals surface area contributed by atoms with Gasteiger partial charge in [-0.3, -0.25) is 0 Å². The standard InChI is InChI=1S/C16H30N4/c1-5-11-17-12-15-9-10-16(19-18-15)20(8-4)13-14(6-2)7-3/h9-10,14,17H,5-8,11-13H2,1-4H3. The summed E-state index contributed by atoms with van der Waals surface area (Å²) in [6.45, 7) is 12.8. The van der Waals surface area contributed by atoms with Gasteiger partial charge in [-0.05, 0) is 37.9 Å². The number of nitrogens with zero attached hydrogens (tertiary/aromatic N) is 3. The van der Waals surface area contributed by atoms with E-state index in [2.05, 4.69) is 60.2 Å². The number of rotatable bonds is 10. The lowest BCUT2D eigenvalue weighted by Crippen LogP contribution is -2.30. The molecule has 0 bridgehead atoms. The van der Waals surface area contributed by atoms with E-state index in [0.717, 1.165) is 50.0 Å². The fourth-order valence-corrected chi connectivity index (χ4v) is 2.25. The molecule has 0 fully saturated rings. The summed E-state index contributed by atoms with van der Waals surface area (Å²) in [6, 6.07) is 4.18. The lowest BCUT2D eigenvalue weighted by molar-refractivity contribution is 0.483. The molecule has 0 aromatic carbocycles. The molecule has 0 saturated heterocycles. The summed E-state index contributed by atoms with van der Waals surface area (Å²) >= 11 is 0. The first-order valence-electron chi connectivity index (χ1n) is 8.03. The van der Waals surface area contributed by atoms with E-state index in [0.29, 0.717) is 0 Å². The fourth-order valence-electron chi connectivity index (χ4n) is 2.25.